The Kier molecular flexibility index (Phi) is 13.8. The molecule has 184 valence electrons. The van der Waals surface area contributed by atoms with Crippen molar-refractivity contribution in [3.8, 4) is 5.75 Å². The van der Waals surface area contributed by atoms with Gasteiger partial charge in [-0.3, -0.25) is 9.80 Å². The number of rotatable bonds is 12. The van der Waals surface area contributed by atoms with E-state index in [0.717, 1.165) is 47.7 Å². The fourth-order valence-corrected chi connectivity index (χ4v) is 4.32. The van der Waals surface area contributed by atoms with Crippen LogP contribution in [0.3, 0.4) is 0 Å². The van der Waals surface area contributed by atoms with Crippen molar-refractivity contribution in [1.82, 2.24) is 9.91 Å². The molecule has 5 nitrogen and oxygen atoms in total. The molecule has 0 aromatic heterocycles. The summed E-state index contributed by atoms with van der Waals surface area (Å²) in [6.45, 7) is 19.5. The number of carbonyl (C=O) groups is 1. The van der Waals surface area contributed by atoms with Gasteiger partial charge in [0.05, 0.1) is 6.61 Å². The van der Waals surface area contributed by atoms with Gasteiger partial charge >= 0.3 is 0 Å². The second kappa shape index (κ2) is 15.7. The number of carbonyl (C=O) groups excluding carboxylic acids is 1. The van der Waals surface area contributed by atoms with E-state index in [9.17, 15) is 4.79 Å². The summed E-state index contributed by atoms with van der Waals surface area (Å²) in [6, 6.07) is 7.93. The molecule has 0 spiro atoms. The second-order valence-corrected chi connectivity index (χ2v) is 9.65. The third-order valence-corrected chi connectivity index (χ3v) is 6.14. The zero-order valence-corrected chi connectivity index (χ0v) is 22.3. The van der Waals surface area contributed by atoms with Gasteiger partial charge in [-0.25, -0.2) is 0 Å². The van der Waals surface area contributed by atoms with Crippen LogP contribution in [0.4, 0.5) is 0 Å². The van der Waals surface area contributed by atoms with Gasteiger partial charge in [0.1, 0.15) is 17.7 Å². The molecular formula is C27H43N3O2S. The van der Waals surface area contributed by atoms with Crippen LogP contribution in [0.5, 0.6) is 5.75 Å². The fraction of sp³-hybridized carbons (Fsp3) is 0.556. The topological polar surface area (TPSA) is 45.1 Å². The maximum absolute atomic E-state index is 11.1. The monoisotopic (exact) mass is 473 g/mol. The van der Waals surface area contributed by atoms with E-state index in [1.54, 1.807) is 5.41 Å². The van der Waals surface area contributed by atoms with Crippen LogP contribution in [0.25, 0.3) is 0 Å². The van der Waals surface area contributed by atoms with Crippen molar-refractivity contribution in [2.24, 2.45) is 10.5 Å². The standard InChI is InChI=1S/C25H37N3O2S.C2H6/c1-6-27(5)26-24(23(14-18-29)31-7-2)21-10-12-22(13-11-21)30-19-9-17-28-16-8-15-25(3,4)20-28;1-2/h7,10-14,18H,2,6,8-9,15-17,19-20H2,1,3-5H3;1-2H3/b23-14+,26-24-;. The van der Waals surface area contributed by atoms with E-state index >= 15 is 0 Å². The van der Waals surface area contributed by atoms with Crippen molar-refractivity contribution in [3.63, 3.8) is 0 Å². The van der Waals surface area contributed by atoms with E-state index in [1.165, 1.54) is 43.8 Å². The molecule has 1 aliphatic heterocycles. The molecule has 1 fully saturated rings. The van der Waals surface area contributed by atoms with Crippen LogP contribution in [-0.2, 0) is 4.79 Å². The molecule has 1 heterocycles. The molecule has 0 atom stereocenters. The van der Waals surface area contributed by atoms with Gasteiger partial charge in [-0.15, -0.1) is 0 Å². The van der Waals surface area contributed by atoms with Crippen molar-refractivity contribution < 1.29 is 9.53 Å². The molecule has 0 N–H and O–H groups in total. The molecule has 1 aliphatic rings. The molecule has 1 aromatic rings. The number of aldehydes is 1. The average molecular weight is 474 g/mol. The number of thioether (sulfide) groups is 1. The molecule has 33 heavy (non-hydrogen) atoms. The van der Waals surface area contributed by atoms with Crippen molar-refractivity contribution in [2.75, 3.05) is 39.8 Å². The van der Waals surface area contributed by atoms with Crippen LogP contribution in [0.15, 0.2) is 52.3 Å². The predicted octanol–water partition coefficient (Wildman–Crippen LogP) is 6.22. The van der Waals surface area contributed by atoms with Crippen molar-refractivity contribution in [3.05, 3.63) is 52.8 Å². The Labute approximate surface area is 205 Å². The van der Waals surface area contributed by atoms with Crippen LogP contribution in [-0.4, -0.2) is 61.7 Å². The van der Waals surface area contributed by atoms with Gasteiger partial charge in [-0.1, -0.05) is 46.0 Å². The molecule has 2 rings (SSSR count). The number of piperidine rings is 1. The number of hydrazone groups is 1. The van der Waals surface area contributed by atoms with Gasteiger partial charge in [0.25, 0.3) is 0 Å². The highest BCUT2D eigenvalue weighted by Crippen LogP contribution is 2.28. The molecule has 1 aromatic carbocycles. The van der Waals surface area contributed by atoms with E-state index in [0.29, 0.717) is 12.0 Å². The summed E-state index contributed by atoms with van der Waals surface area (Å²) >= 11 is 1.39. The lowest BCUT2D eigenvalue weighted by Crippen LogP contribution is -2.40. The normalized spacial score (nSPS) is 16.4. The highest BCUT2D eigenvalue weighted by atomic mass is 32.2. The number of hydrogen-bond acceptors (Lipinski definition) is 6. The summed E-state index contributed by atoms with van der Waals surface area (Å²) in [5.41, 5.74) is 2.12. The summed E-state index contributed by atoms with van der Waals surface area (Å²) < 4.78 is 5.97. The van der Waals surface area contributed by atoms with Crippen LogP contribution >= 0.6 is 11.8 Å². The first-order valence-corrected chi connectivity index (χ1v) is 12.9. The first kappa shape index (κ1) is 29.0. The molecule has 0 amide bonds. The molecular weight excluding hydrogens is 430 g/mol. The fourth-order valence-electron chi connectivity index (χ4n) is 3.74. The number of benzene rings is 1. The van der Waals surface area contributed by atoms with Gasteiger partial charge < -0.3 is 9.64 Å². The summed E-state index contributed by atoms with van der Waals surface area (Å²) in [5, 5.41) is 8.24. The minimum absolute atomic E-state index is 0.432. The van der Waals surface area contributed by atoms with Crippen LogP contribution < -0.4 is 4.74 Å². The highest BCUT2D eigenvalue weighted by molar-refractivity contribution is 8.06. The SMILES string of the molecule is C=CSC(=C/C=O)/C(=N\N(C)CC)c1ccc(OCCCN2CCCC(C)(C)C2)cc1.CC. The molecule has 0 saturated carbocycles. The second-order valence-electron chi connectivity index (χ2n) is 8.64. The largest absolute Gasteiger partial charge is 0.494 e. The molecule has 0 radical (unpaired) electrons. The lowest BCUT2D eigenvalue weighted by molar-refractivity contribution is -0.104. The van der Waals surface area contributed by atoms with Crippen molar-refractivity contribution >= 4 is 23.8 Å². The van der Waals surface area contributed by atoms with Crippen molar-refractivity contribution in [1.29, 1.82) is 0 Å². The van der Waals surface area contributed by atoms with E-state index in [4.69, 9.17) is 4.74 Å². The van der Waals surface area contributed by atoms with E-state index in [-0.39, 0.29) is 0 Å². The Hall–Kier alpha value is -2.05. The Morgan fingerprint density at radius 2 is 2.00 bits per heavy atom. The Morgan fingerprint density at radius 3 is 2.58 bits per heavy atom. The third-order valence-electron chi connectivity index (χ3n) is 5.39. The summed E-state index contributed by atoms with van der Waals surface area (Å²) in [4.78, 5) is 14.4. The average Bonchev–Trinajstić information content (AvgIpc) is 2.81. The predicted molar refractivity (Wildman–Crippen MR) is 144 cm³/mol. The zero-order chi connectivity index (χ0) is 24.7. The molecule has 0 bridgehead atoms. The number of hydrogen-bond donors (Lipinski definition) is 0. The zero-order valence-electron chi connectivity index (χ0n) is 21.5. The maximum atomic E-state index is 11.1. The number of allylic oxidation sites excluding steroid dienone is 2. The highest BCUT2D eigenvalue weighted by Gasteiger charge is 2.25. The molecule has 0 aliphatic carbocycles. The lowest BCUT2D eigenvalue weighted by Gasteiger charge is -2.38. The molecule has 0 unspecified atom stereocenters. The van der Waals surface area contributed by atoms with Gasteiger partial charge in [0.2, 0.25) is 0 Å². The van der Waals surface area contributed by atoms with Gasteiger partial charge in [0.15, 0.2) is 0 Å². The summed E-state index contributed by atoms with van der Waals surface area (Å²) in [6.07, 6.45) is 5.95. The Bertz CT molecular complexity index is 772. The Balaban J connectivity index is 0.00000265. The smallest absolute Gasteiger partial charge is 0.144 e. The van der Waals surface area contributed by atoms with Gasteiger partial charge in [-0.05, 0) is 73.9 Å². The van der Waals surface area contributed by atoms with E-state index in [1.807, 2.05) is 57.1 Å². The minimum Gasteiger partial charge on any atom is -0.494 e. The van der Waals surface area contributed by atoms with Crippen LogP contribution in [0, 0.1) is 5.41 Å². The molecule has 6 heteroatoms. The van der Waals surface area contributed by atoms with Gasteiger partial charge in [0, 0.05) is 37.2 Å². The first-order chi connectivity index (χ1) is 15.9. The lowest BCUT2D eigenvalue weighted by atomic mass is 9.84. The summed E-state index contributed by atoms with van der Waals surface area (Å²) in [7, 11) is 1.91. The van der Waals surface area contributed by atoms with Crippen molar-refractivity contribution in [2.45, 2.75) is 53.9 Å². The maximum Gasteiger partial charge on any atom is 0.144 e. The minimum atomic E-state index is 0.432. The first-order valence-electron chi connectivity index (χ1n) is 12.1. The van der Waals surface area contributed by atoms with Crippen LogP contribution in [0.1, 0.15) is 59.4 Å². The van der Waals surface area contributed by atoms with Crippen LogP contribution in [0.2, 0.25) is 0 Å². The third kappa shape index (κ3) is 10.6. The quantitative estimate of drug-likeness (QED) is 0.119. The number of likely N-dealkylation sites (tertiary alicyclic amines) is 1. The van der Waals surface area contributed by atoms with E-state index in [2.05, 4.69) is 30.4 Å². The number of nitrogens with zero attached hydrogens (tertiary/aromatic N) is 3. The Morgan fingerprint density at radius 1 is 1.30 bits per heavy atom. The molecule has 1 saturated heterocycles. The number of ether oxygens (including phenoxy) is 1. The van der Waals surface area contributed by atoms with Gasteiger partial charge in [-0.2, -0.15) is 5.10 Å². The summed E-state index contributed by atoms with van der Waals surface area (Å²) in [5.74, 6) is 0.850. The van der Waals surface area contributed by atoms with E-state index < -0.39 is 0 Å².